The van der Waals surface area contributed by atoms with Crippen molar-refractivity contribution >= 4 is 63.1 Å². The highest BCUT2D eigenvalue weighted by atomic mass is 127. The summed E-state index contributed by atoms with van der Waals surface area (Å²) in [5.41, 5.74) is 3.52. The average molecular weight is 574 g/mol. The summed E-state index contributed by atoms with van der Waals surface area (Å²) < 4.78 is 12.4. The molecule has 0 aliphatic heterocycles. The third-order valence-electron chi connectivity index (χ3n) is 4.56. The number of para-hydroxylation sites is 2. The van der Waals surface area contributed by atoms with Gasteiger partial charge in [0, 0.05) is 10.6 Å². The largest absolute Gasteiger partial charge is 0.493 e. The van der Waals surface area contributed by atoms with Crippen LogP contribution in [0.4, 0.5) is 0 Å². The SMILES string of the molecule is COc1cc(/C=C(\C#N)Sc2nc3ccccc3[nH]2)cc(I)c1OCc1ccccc1Cl. The molecule has 0 amide bonds. The number of nitrogens with one attached hydrogen (secondary N) is 1. The molecule has 4 aromatic rings. The molecule has 3 aromatic carbocycles. The van der Waals surface area contributed by atoms with Crippen molar-refractivity contribution in [1.29, 1.82) is 5.26 Å². The third kappa shape index (κ3) is 5.21. The maximum Gasteiger partial charge on any atom is 0.174 e. The molecule has 5 nitrogen and oxygen atoms in total. The van der Waals surface area contributed by atoms with Gasteiger partial charge in [-0.25, -0.2) is 4.98 Å². The molecule has 1 heterocycles. The van der Waals surface area contributed by atoms with Crippen molar-refractivity contribution in [2.24, 2.45) is 0 Å². The molecule has 0 atom stereocenters. The predicted octanol–water partition coefficient (Wildman–Crippen LogP) is 7.07. The summed E-state index contributed by atoms with van der Waals surface area (Å²) in [6.07, 6.45) is 1.81. The fourth-order valence-corrected chi connectivity index (χ4v) is 4.77. The van der Waals surface area contributed by atoms with Gasteiger partial charge in [-0.2, -0.15) is 5.26 Å². The van der Waals surface area contributed by atoms with E-state index in [0.29, 0.717) is 33.2 Å². The quantitative estimate of drug-likeness (QED) is 0.146. The first-order valence-corrected chi connectivity index (χ1v) is 11.8. The first kappa shape index (κ1) is 22.5. The zero-order chi connectivity index (χ0) is 22.5. The molecule has 0 saturated carbocycles. The molecule has 0 unspecified atom stereocenters. The molecule has 1 aromatic heterocycles. The van der Waals surface area contributed by atoms with Crippen molar-refractivity contribution in [3.63, 3.8) is 0 Å². The molecule has 0 aliphatic rings. The van der Waals surface area contributed by atoms with Gasteiger partial charge in [-0.1, -0.05) is 41.9 Å². The summed E-state index contributed by atoms with van der Waals surface area (Å²) >= 11 is 9.72. The number of thioether (sulfide) groups is 1. The molecule has 32 heavy (non-hydrogen) atoms. The summed E-state index contributed by atoms with van der Waals surface area (Å²) in [4.78, 5) is 8.26. The lowest BCUT2D eigenvalue weighted by Gasteiger charge is -2.14. The lowest BCUT2D eigenvalue weighted by atomic mass is 10.2. The Morgan fingerprint density at radius 2 is 2.00 bits per heavy atom. The van der Waals surface area contributed by atoms with Crippen LogP contribution in [0.2, 0.25) is 5.02 Å². The number of nitrogens with zero attached hydrogens (tertiary/aromatic N) is 2. The van der Waals surface area contributed by atoms with E-state index in [1.807, 2.05) is 60.7 Å². The number of hydrogen-bond acceptors (Lipinski definition) is 5. The Balaban J connectivity index is 1.57. The smallest absolute Gasteiger partial charge is 0.174 e. The lowest BCUT2D eigenvalue weighted by Crippen LogP contribution is -2.00. The van der Waals surface area contributed by atoms with Gasteiger partial charge in [-0.05, 0) is 76.3 Å². The lowest BCUT2D eigenvalue weighted by molar-refractivity contribution is 0.282. The third-order valence-corrected chi connectivity index (χ3v) is 6.55. The van der Waals surface area contributed by atoms with Gasteiger partial charge >= 0.3 is 0 Å². The Hall–Kier alpha value is -2.67. The van der Waals surface area contributed by atoms with E-state index < -0.39 is 0 Å². The Kier molecular flexibility index (Phi) is 7.25. The van der Waals surface area contributed by atoms with Crippen LogP contribution in [0, 0.1) is 14.9 Å². The van der Waals surface area contributed by atoms with E-state index in [9.17, 15) is 5.26 Å². The minimum Gasteiger partial charge on any atom is -0.493 e. The number of rotatable bonds is 7. The molecular weight excluding hydrogens is 557 g/mol. The zero-order valence-corrected chi connectivity index (χ0v) is 20.7. The van der Waals surface area contributed by atoms with Crippen LogP contribution in [-0.2, 0) is 6.61 Å². The van der Waals surface area contributed by atoms with E-state index in [4.69, 9.17) is 21.1 Å². The monoisotopic (exact) mass is 573 g/mol. The Bertz CT molecular complexity index is 1310. The van der Waals surface area contributed by atoms with Crippen molar-refractivity contribution in [2.45, 2.75) is 11.8 Å². The summed E-state index contributed by atoms with van der Waals surface area (Å²) in [5, 5.41) is 11.0. The second kappa shape index (κ2) is 10.3. The fourth-order valence-electron chi connectivity index (χ4n) is 3.05. The molecule has 0 saturated heterocycles. The van der Waals surface area contributed by atoms with Gasteiger partial charge in [0.1, 0.15) is 12.7 Å². The maximum atomic E-state index is 9.66. The second-order valence-electron chi connectivity index (χ2n) is 6.70. The molecule has 0 fully saturated rings. The molecule has 1 N–H and O–H groups in total. The normalized spacial score (nSPS) is 11.4. The molecule has 0 aliphatic carbocycles. The number of ether oxygens (including phenoxy) is 2. The average Bonchev–Trinajstić information content (AvgIpc) is 3.21. The first-order valence-electron chi connectivity index (χ1n) is 9.55. The summed E-state index contributed by atoms with van der Waals surface area (Å²) in [6, 6.07) is 21.4. The van der Waals surface area contributed by atoms with Crippen LogP contribution in [0.3, 0.4) is 0 Å². The second-order valence-corrected chi connectivity index (χ2v) is 9.30. The van der Waals surface area contributed by atoms with Gasteiger partial charge in [0.25, 0.3) is 0 Å². The highest BCUT2D eigenvalue weighted by molar-refractivity contribution is 14.1. The van der Waals surface area contributed by atoms with E-state index >= 15 is 0 Å². The van der Waals surface area contributed by atoms with Crippen molar-refractivity contribution in [2.75, 3.05) is 7.11 Å². The Morgan fingerprint density at radius 1 is 1.22 bits per heavy atom. The van der Waals surface area contributed by atoms with Gasteiger partial charge < -0.3 is 14.5 Å². The number of halogens is 2. The number of imidazole rings is 1. The molecular formula is C24H17ClIN3O2S. The molecule has 8 heteroatoms. The topological polar surface area (TPSA) is 70.9 Å². The fraction of sp³-hybridized carbons (Fsp3) is 0.0833. The van der Waals surface area contributed by atoms with Crippen LogP contribution >= 0.6 is 46.0 Å². The minimum atomic E-state index is 0.326. The van der Waals surface area contributed by atoms with Crippen LogP contribution in [-0.4, -0.2) is 17.1 Å². The number of aromatic amines is 1. The summed E-state index contributed by atoms with van der Waals surface area (Å²) in [7, 11) is 1.59. The van der Waals surface area contributed by atoms with Gasteiger partial charge in [-0.3, -0.25) is 0 Å². The highest BCUT2D eigenvalue weighted by Crippen LogP contribution is 2.36. The number of methoxy groups -OCH3 is 1. The minimum absolute atomic E-state index is 0.326. The van der Waals surface area contributed by atoms with Crippen molar-refractivity contribution < 1.29 is 9.47 Å². The highest BCUT2D eigenvalue weighted by Gasteiger charge is 2.13. The van der Waals surface area contributed by atoms with Gasteiger partial charge in [0.05, 0.1) is 26.6 Å². The summed E-state index contributed by atoms with van der Waals surface area (Å²) in [5.74, 6) is 1.22. The van der Waals surface area contributed by atoms with E-state index in [-0.39, 0.29) is 0 Å². The van der Waals surface area contributed by atoms with Crippen LogP contribution in [0.1, 0.15) is 11.1 Å². The van der Waals surface area contributed by atoms with E-state index in [0.717, 1.165) is 25.7 Å². The maximum absolute atomic E-state index is 9.66. The number of aromatic nitrogens is 2. The Morgan fingerprint density at radius 3 is 2.75 bits per heavy atom. The van der Waals surface area contributed by atoms with Crippen LogP contribution in [0.5, 0.6) is 11.5 Å². The molecule has 160 valence electrons. The summed E-state index contributed by atoms with van der Waals surface area (Å²) in [6.45, 7) is 0.326. The van der Waals surface area contributed by atoms with E-state index in [2.05, 4.69) is 38.6 Å². The number of hydrogen-bond donors (Lipinski definition) is 1. The van der Waals surface area contributed by atoms with Gasteiger partial charge in [0.2, 0.25) is 0 Å². The number of allylic oxidation sites excluding steroid dienone is 1. The van der Waals surface area contributed by atoms with Crippen LogP contribution in [0.15, 0.2) is 70.7 Å². The first-order chi connectivity index (χ1) is 15.6. The van der Waals surface area contributed by atoms with Gasteiger partial charge in [-0.15, -0.1) is 0 Å². The van der Waals surface area contributed by atoms with E-state index in [1.165, 1.54) is 11.8 Å². The van der Waals surface area contributed by atoms with Crippen molar-refractivity contribution in [3.8, 4) is 17.6 Å². The standard InChI is InChI=1S/C24H17ClIN3O2S/c1-30-22-12-15(11-19(26)23(22)31-14-16-6-2-3-7-18(16)25)10-17(13-27)32-24-28-20-8-4-5-9-21(20)29-24/h2-12H,14H2,1H3,(H,28,29)/b17-10+. The van der Waals surface area contributed by atoms with E-state index in [1.54, 1.807) is 13.2 Å². The zero-order valence-electron chi connectivity index (χ0n) is 16.9. The Labute approximate surface area is 208 Å². The molecule has 0 radical (unpaired) electrons. The van der Waals surface area contributed by atoms with Crippen LogP contribution in [0.25, 0.3) is 17.1 Å². The number of H-pyrrole nitrogens is 1. The number of fused-ring (bicyclic) bond motifs is 1. The number of benzene rings is 3. The van der Waals surface area contributed by atoms with Crippen molar-refractivity contribution in [1.82, 2.24) is 9.97 Å². The molecule has 4 rings (SSSR count). The molecule has 0 spiro atoms. The van der Waals surface area contributed by atoms with Gasteiger partial charge in [0.15, 0.2) is 16.7 Å². The molecule has 0 bridgehead atoms. The predicted molar refractivity (Wildman–Crippen MR) is 137 cm³/mol. The number of nitriles is 1. The van der Waals surface area contributed by atoms with Crippen LogP contribution < -0.4 is 9.47 Å². The van der Waals surface area contributed by atoms with Crippen molar-refractivity contribution in [3.05, 3.63) is 85.3 Å².